The molecule has 3 rings (SSSR count). The highest BCUT2D eigenvalue weighted by atomic mass is 35.5. The molecule has 0 unspecified atom stereocenters. The molecule has 2 aromatic heterocycles. The van der Waals surface area contributed by atoms with Gasteiger partial charge >= 0.3 is 5.97 Å². The van der Waals surface area contributed by atoms with Gasteiger partial charge in [0, 0.05) is 23.5 Å². The minimum Gasteiger partial charge on any atom is -0.479 e. The minimum atomic E-state index is -0.371. The van der Waals surface area contributed by atoms with Crippen molar-refractivity contribution in [3.8, 4) is 11.8 Å². The molecule has 0 N–H and O–H groups in total. The maximum Gasteiger partial charge on any atom is 0.340 e. The molecule has 0 radical (unpaired) electrons. The van der Waals surface area contributed by atoms with Crippen molar-refractivity contribution in [2.75, 3.05) is 19.1 Å². The largest absolute Gasteiger partial charge is 0.479 e. The molecule has 2 heterocycles. The predicted molar refractivity (Wildman–Crippen MR) is 91.6 cm³/mol. The van der Waals surface area contributed by atoms with E-state index in [0.29, 0.717) is 23.6 Å². The Morgan fingerprint density at radius 1 is 1.25 bits per heavy atom. The minimum absolute atomic E-state index is 0.0257. The number of esters is 1. The highest BCUT2D eigenvalue weighted by molar-refractivity contribution is 6.17. The molecule has 0 aliphatic carbocycles. The lowest BCUT2D eigenvalue weighted by Crippen LogP contribution is -2.06. The van der Waals surface area contributed by atoms with Crippen LogP contribution in [0.15, 0.2) is 42.6 Å². The first-order valence-electron chi connectivity index (χ1n) is 7.52. The number of alkyl halides is 1. The third-order valence-corrected chi connectivity index (χ3v) is 3.90. The Balaban J connectivity index is 2.09. The second-order valence-electron chi connectivity index (χ2n) is 5.14. The fourth-order valence-corrected chi connectivity index (χ4v) is 2.74. The van der Waals surface area contributed by atoms with E-state index < -0.39 is 0 Å². The topological polar surface area (TPSA) is 63.7 Å². The van der Waals surface area contributed by atoms with Gasteiger partial charge in [-0.3, -0.25) is 0 Å². The number of pyridine rings is 1. The van der Waals surface area contributed by atoms with Gasteiger partial charge in [-0.25, -0.2) is 4.79 Å². The molecule has 0 spiro atoms. The maximum absolute atomic E-state index is 12.5. The first kappa shape index (κ1) is 16.2. The number of carbonyl (C=O) groups is 1. The lowest BCUT2D eigenvalue weighted by molar-refractivity contribution is 0.0510. The average molecular weight is 343 g/mol. The second kappa shape index (κ2) is 7.24. The second-order valence-corrected chi connectivity index (χ2v) is 5.51. The number of halogens is 1. The highest BCUT2D eigenvalue weighted by Crippen LogP contribution is 2.30. The van der Waals surface area contributed by atoms with Gasteiger partial charge in [0.1, 0.15) is 11.8 Å². The van der Waals surface area contributed by atoms with Gasteiger partial charge in [-0.2, -0.15) is 5.26 Å². The predicted octanol–water partition coefficient (Wildman–Crippen LogP) is 3.78. The number of nitrogens with zero attached hydrogens (tertiary/aromatic N) is 2. The van der Waals surface area contributed by atoms with Crippen molar-refractivity contribution in [1.29, 1.82) is 5.26 Å². The Morgan fingerprint density at radius 2 is 2.12 bits per heavy atom. The van der Waals surface area contributed by atoms with Gasteiger partial charge in [0.05, 0.1) is 23.2 Å². The van der Waals surface area contributed by atoms with Crippen molar-refractivity contribution in [2.45, 2.75) is 6.42 Å². The van der Waals surface area contributed by atoms with E-state index in [1.807, 2.05) is 47.0 Å². The Hall–Kier alpha value is -2.71. The van der Waals surface area contributed by atoms with Crippen LogP contribution in [-0.4, -0.2) is 29.5 Å². The van der Waals surface area contributed by atoms with Gasteiger partial charge in [0.2, 0.25) is 0 Å². The summed E-state index contributed by atoms with van der Waals surface area (Å²) in [5.74, 6) is 0.656. The number of nitriles is 1. The smallest absolute Gasteiger partial charge is 0.340 e. The zero-order valence-electron chi connectivity index (χ0n) is 12.9. The third kappa shape index (κ3) is 3.01. The fraction of sp³-hybridized carbons (Fsp3) is 0.222. The van der Waals surface area contributed by atoms with E-state index >= 15 is 0 Å². The van der Waals surface area contributed by atoms with Crippen LogP contribution in [-0.2, 0) is 4.74 Å². The third-order valence-electron chi connectivity index (χ3n) is 3.63. The molecule has 0 fully saturated rings. The van der Waals surface area contributed by atoms with Crippen LogP contribution < -0.4 is 4.74 Å². The maximum atomic E-state index is 12.5. The van der Waals surface area contributed by atoms with E-state index in [2.05, 4.69) is 0 Å². The van der Waals surface area contributed by atoms with Crippen LogP contribution in [0.1, 0.15) is 16.8 Å². The van der Waals surface area contributed by atoms with Crippen molar-refractivity contribution in [3.63, 3.8) is 0 Å². The molecule has 122 valence electrons. The molecule has 0 saturated heterocycles. The number of ether oxygens (including phenoxy) is 2. The fourth-order valence-electron chi connectivity index (χ4n) is 2.63. The molecule has 0 amide bonds. The number of benzene rings is 1. The summed E-state index contributed by atoms with van der Waals surface area (Å²) in [5.41, 5.74) is 2.11. The Bertz CT molecular complexity index is 927. The summed E-state index contributed by atoms with van der Waals surface area (Å²) in [6, 6.07) is 12.9. The number of rotatable bonds is 6. The lowest BCUT2D eigenvalue weighted by Gasteiger charge is -2.04. The zero-order valence-corrected chi connectivity index (χ0v) is 13.6. The summed E-state index contributed by atoms with van der Waals surface area (Å²) in [5, 5.41) is 9.42. The first-order chi connectivity index (χ1) is 11.8. The van der Waals surface area contributed by atoms with Gasteiger partial charge < -0.3 is 13.9 Å². The molecule has 6 heteroatoms. The van der Waals surface area contributed by atoms with Crippen LogP contribution in [0.4, 0.5) is 0 Å². The van der Waals surface area contributed by atoms with Crippen molar-refractivity contribution in [3.05, 3.63) is 48.2 Å². The molecule has 1 aromatic carbocycles. The molecular weight excluding hydrogens is 328 g/mol. The van der Waals surface area contributed by atoms with Gasteiger partial charge in [0.15, 0.2) is 6.61 Å². The first-order valence-corrected chi connectivity index (χ1v) is 8.05. The number of aromatic nitrogens is 1. The highest BCUT2D eigenvalue weighted by Gasteiger charge is 2.19. The standard InChI is InChI=1S/C18H15ClN2O3/c19-7-3-10-24-18(22)17-14-6-5-13(23-11-8-20)12-16(14)21-9-2-1-4-15(17)21/h1-2,4-6,9,12H,3,7,10-11H2. The van der Waals surface area contributed by atoms with E-state index in [1.165, 1.54) is 0 Å². The van der Waals surface area contributed by atoms with E-state index in [4.69, 9.17) is 26.3 Å². The van der Waals surface area contributed by atoms with E-state index in [-0.39, 0.29) is 19.2 Å². The van der Waals surface area contributed by atoms with E-state index in [0.717, 1.165) is 16.4 Å². The molecule has 0 atom stereocenters. The van der Waals surface area contributed by atoms with Crippen LogP contribution >= 0.6 is 11.6 Å². The molecular formula is C18H15ClN2O3. The summed E-state index contributed by atoms with van der Waals surface area (Å²) in [4.78, 5) is 12.5. The summed E-state index contributed by atoms with van der Waals surface area (Å²) >= 11 is 5.63. The van der Waals surface area contributed by atoms with Crippen LogP contribution in [0.25, 0.3) is 16.4 Å². The summed E-state index contributed by atoms with van der Waals surface area (Å²) < 4.78 is 12.6. The molecule has 0 aliphatic heterocycles. The van der Waals surface area contributed by atoms with Crippen LogP contribution in [0, 0.1) is 11.3 Å². The normalized spacial score (nSPS) is 10.7. The molecule has 0 bridgehead atoms. The van der Waals surface area contributed by atoms with Crippen LogP contribution in [0.5, 0.6) is 5.75 Å². The SMILES string of the molecule is N#CCOc1ccc2c(C(=O)OCCCCl)c3ccccn3c2c1. The molecule has 24 heavy (non-hydrogen) atoms. The Labute approximate surface area is 144 Å². The average Bonchev–Trinajstić information content (AvgIpc) is 2.94. The molecule has 5 nitrogen and oxygen atoms in total. The zero-order chi connectivity index (χ0) is 16.9. The molecule has 0 aliphatic rings. The monoisotopic (exact) mass is 342 g/mol. The summed E-state index contributed by atoms with van der Waals surface area (Å²) in [7, 11) is 0. The van der Waals surface area contributed by atoms with E-state index in [9.17, 15) is 4.79 Å². The Morgan fingerprint density at radius 3 is 2.92 bits per heavy atom. The Kier molecular flexibility index (Phi) is 4.88. The van der Waals surface area contributed by atoms with Gasteiger partial charge in [-0.05, 0) is 30.7 Å². The van der Waals surface area contributed by atoms with Crippen LogP contribution in [0.3, 0.4) is 0 Å². The van der Waals surface area contributed by atoms with Crippen molar-refractivity contribution >= 4 is 34.0 Å². The molecule has 3 aromatic rings. The lowest BCUT2D eigenvalue weighted by atomic mass is 10.1. The van der Waals surface area contributed by atoms with Gasteiger partial charge in [-0.1, -0.05) is 6.07 Å². The quantitative estimate of drug-likeness (QED) is 0.388. The van der Waals surface area contributed by atoms with Crippen LogP contribution in [0.2, 0.25) is 0 Å². The van der Waals surface area contributed by atoms with Gasteiger partial charge in [-0.15, -0.1) is 11.6 Å². The van der Waals surface area contributed by atoms with Crippen molar-refractivity contribution < 1.29 is 14.3 Å². The number of fused-ring (bicyclic) bond motifs is 3. The van der Waals surface area contributed by atoms with Gasteiger partial charge in [0.25, 0.3) is 0 Å². The van der Waals surface area contributed by atoms with Crippen molar-refractivity contribution in [2.24, 2.45) is 0 Å². The van der Waals surface area contributed by atoms with Crippen molar-refractivity contribution in [1.82, 2.24) is 4.40 Å². The summed E-state index contributed by atoms with van der Waals surface area (Å²) in [6.45, 7) is 0.263. The molecule has 0 saturated carbocycles. The number of hydrogen-bond acceptors (Lipinski definition) is 4. The number of hydrogen-bond donors (Lipinski definition) is 0. The summed E-state index contributed by atoms with van der Waals surface area (Å²) in [6.07, 6.45) is 2.49. The number of carbonyl (C=O) groups excluding carboxylic acids is 1. The van der Waals surface area contributed by atoms with E-state index in [1.54, 1.807) is 6.07 Å².